The highest BCUT2D eigenvalue weighted by molar-refractivity contribution is 4.71. The zero-order valence-electron chi connectivity index (χ0n) is 8.02. The van der Waals surface area contributed by atoms with Crippen molar-refractivity contribution in [1.29, 1.82) is 0 Å². The van der Waals surface area contributed by atoms with Crippen LogP contribution in [-0.4, -0.2) is 21.4 Å². The topological polar surface area (TPSA) is 86.3 Å². The Morgan fingerprint density at radius 2 is 1.77 bits per heavy atom. The minimum absolute atomic E-state index is 0.0243. The second-order valence-corrected chi connectivity index (χ2v) is 3.62. The van der Waals surface area contributed by atoms with Crippen molar-refractivity contribution in [3.05, 3.63) is 20.2 Å². The minimum Gasteiger partial charge on any atom is -0.264 e. The van der Waals surface area contributed by atoms with Crippen LogP contribution in [0.15, 0.2) is 0 Å². The highest BCUT2D eigenvalue weighted by atomic mass is 16.6. The van der Waals surface area contributed by atoms with Gasteiger partial charge in [0.2, 0.25) is 11.6 Å². The van der Waals surface area contributed by atoms with Crippen LogP contribution in [0.3, 0.4) is 0 Å². The Kier molecular flexibility index (Phi) is 3.77. The van der Waals surface area contributed by atoms with Crippen molar-refractivity contribution < 1.29 is 9.85 Å². The number of nitrogens with zero attached hydrogens (tertiary/aromatic N) is 2. The molecule has 0 saturated carbocycles. The summed E-state index contributed by atoms with van der Waals surface area (Å²) < 4.78 is 0. The number of rotatable bonds is 5. The monoisotopic (exact) mass is 190 g/mol. The van der Waals surface area contributed by atoms with Gasteiger partial charge in [-0.05, 0) is 0 Å². The highest BCUT2D eigenvalue weighted by Gasteiger charge is 2.38. The highest BCUT2D eigenvalue weighted by Crippen LogP contribution is 2.18. The van der Waals surface area contributed by atoms with Crippen LogP contribution in [-0.2, 0) is 0 Å². The number of hydrogen-bond donors (Lipinski definition) is 0. The molecule has 0 aromatic rings. The molecule has 0 aliphatic rings. The third kappa shape index (κ3) is 3.35. The molecule has 6 nitrogen and oxygen atoms in total. The van der Waals surface area contributed by atoms with E-state index in [9.17, 15) is 20.2 Å². The summed E-state index contributed by atoms with van der Waals surface area (Å²) in [7, 11) is 0. The van der Waals surface area contributed by atoms with E-state index in [2.05, 4.69) is 0 Å². The summed E-state index contributed by atoms with van der Waals surface area (Å²) in [6, 6.07) is -0.819. The van der Waals surface area contributed by atoms with Crippen LogP contribution in [0.4, 0.5) is 0 Å². The van der Waals surface area contributed by atoms with Crippen molar-refractivity contribution in [2.75, 3.05) is 0 Å². The fraction of sp³-hybridized carbons (Fsp3) is 1.00. The molecule has 0 aliphatic heterocycles. The van der Waals surface area contributed by atoms with Crippen molar-refractivity contribution in [3.63, 3.8) is 0 Å². The molecule has 0 N–H and O–H groups in total. The van der Waals surface area contributed by atoms with Gasteiger partial charge < -0.3 is 0 Å². The standard InChI is InChI=1S/C7H14N2O4/c1-4-6(8(10)11)5-7(2,3)9(12)13/h6H,4-5H2,1-3H3. The van der Waals surface area contributed by atoms with Gasteiger partial charge in [0.15, 0.2) is 0 Å². The normalized spacial score (nSPS) is 13.8. The summed E-state index contributed by atoms with van der Waals surface area (Å²) >= 11 is 0. The third-order valence-corrected chi connectivity index (χ3v) is 2.00. The summed E-state index contributed by atoms with van der Waals surface area (Å²) in [6.45, 7) is 4.46. The third-order valence-electron chi connectivity index (χ3n) is 2.00. The maximum atomic E-state index is 10.5. The summed E-state index contributed by atoms with van der Waals surface area (Å²) in [5.41, 5.74) is -1.21. The van der Waals surface area contributed by atoms with Gasteiger partial charge in [-0.25, -0.2) is 0 Å². The zero-order chi connectivity index (χ0) is 10.6. The van der Waals surface area contributed by atoms with Crippen LogP contribution < -0.4 is 0 Å². The first-order chi connectivity index (χ1) is 5.81. The first-order valence-electron chi connectivity index (χ1n) is 4.09. The van der Waals surface area contributed by atoms with Gasteiger partial charge >= 0.3 is 0 Å². The Balaban J connectivity index is 4.39. The molecule has 0 heterocycles. The molecule has 0 radical (unpaired) electrons. The van der Waals surface area contributed by atoms with E-state index in [4.69, 9.17) is 0 Å². The van der Waals surface area contributed by atoms with E-state index in [0.717, 1.165) is 0 Å². The molecule has 0 spiro atoms. The molecule has 13 heavy (non-hydrogen) atoms. The van der Waals surface area contributed by atoms with E-state index < -0.39 is 21.4 Å². The van der Waals surface area contributed by atoms with E-state index in [0.29, 0.717) is 6.42 Å². The van der Waals surface area contributed by atoms with Gasteiger partial charge in [0, 0.05) is 30.1 Å². The van der Waals surface area contributed by atoms with Crippen LogP contribution in [0.2, 0.25) is 0 Å². The average molecular weight is 190 g/mol. The maximum Gasteiger partial charge on any atom is 0.223 e. The quantitative estimate of drug-likeness (QED) is 0.485. The van der Waals surface area contributed by atoms with Gasteiger partial charge in [0.05, 0.1) is 6.42 Å². The molecule has 0 rings (SSSR count). The van der Waals surface area contributed by atoms with E-state index in [1.165, 1.54) is 13.8 Å². The van der Waals surface area contributed by atoms with E-state index in [1.807, 2.05) is 0 Å². The maximum absolute atomic E-state index is 10.5. The van der Waals surface area contributed by atoms with Gasteiger partial charge in [-0.3, -0.25) is 20.2 Å². The average Bonchev–Trinajstić information content (AvgIpc) is 1.99. The molecule has 1 atom stereocenters. The van der Waals surface area contributed by atoms with Crippen molar-refractivity contribution in [1.82, 2.24) is 0 Å². The second-order valence-electron chi connectivity index (χ2n) is 3.62. The zero-order valence-corrected chi connectivity index (χ0v) is 8.02. The van der Waals surface area contributed by atoms with Gasteiger partial charge in [0.25, 0.3) is 0 Å². The molecule has 0 aromatic carbocycles. The Morgan fingerprint density at radius 3 is 2.00 bits per heavy atom. The van der Waals surface area contributed by atoms with Gasteiger partial charge in [-0.1, -0.05) is 6.92 Å². The fourth-order valence-corrected chi connectivity index (χ4v) is 1.02. The van der Waals surface area contributed by atoms with Gasteiger partial charge in [-0.15, -0.1) is 0 Å². The van der Waals surface area contributed by atoms with Gasteiger partial charge in [-0.2, -0.15) is 0 Å². The predicted molar refractivity (Wildman–Crippen MR) is 46.8 cm³/mol. The smallest absolute Gasteiger partial charge is 0.223 e. The van der Waals surface area contributed by atoms with E-state index >= 15 is 0 Å². The lowest BCUT2D eigenvalue weighted by atomic mass is 9.95. The van der Waals surface area contributed by atoms with Crippen molar-refractivity contribution >= 4 is 0 Å². The van der Waals surface area contributed by atoms with Crippen LogP contribution in [0.5, 0.6) is 0 Å². The Labute approximate surface area is 76.2 Å². The van der Waals surface area contributed by atoms with Crippen LogP contribution in [0, 0.1) is 20.2 Å². The fourth-order valence-electron chi connectivity index (χ4n) is 1.02. The molecule has 6 heteroatoms. The molecule has 0 bridgehead atoms. The largest absolute Gasteiger partial charge is 0.264 e. The minimum atomic E-state index is -1.21. The number of nitro groups is 2. The van der Waals surface area contributed by atoms with E-state index in [1.54, 1.807) is 6.92 Å². The molecule has 0 fully saturated rings. The summed E-state index contributed by atoms with van der Waals surface area (Å²) in [4.78, 5) is 20.0. The van der Waals surface area contributed by atoms with Crippen LogP contribution in [0.1, 0.15) is 33.6 Å². The summed E-state index contributed by atoms with van der Waals surface area (Å²) in [5.74, 6) is 0. The van der Waals surface area contributed by atoms with Crippen LogP contribution in [0.25, 0.3) is 0 Å². The first-order valence-corrected chi connectivity index (χ1v) is 4.09. The lowest BCUT2D eigenvalue weighted by Crippen LogP contribution is -2.37. The summed E-state index contributed by atoms with van der Waals surface area (Å²) in [6.07, 6.45) is 0.299. The number of hydrogen-bond acceptors (Lipinski definition) is 4. The van der Waals surface area contributed by atoms with E-state index in [-0.39, 0.29) is 6.42 Å². The van der Waals surface area contributed by atoms with Crippen molar-refractivity contribution in [2.45, 2.75) is 45.2 Å². The Morgan fingerprint density at radius 1 is 1.31 bits per heavy atom. The lowest BCUT2D eigenvalue weighted by Gasteiger charge is -2.16. The molecular formula is C7H14N2O4. The SMILES string of the molecule is CCC(CC(C)(C)[N+](=O)[O-])[N+](=O)[O-]. The first kappa shape index (κ1) is 11.8. The van der Waals surface area contributed by atoms with Crippen LogP contribution >= 0.6 is 0 Å². The summed E-state index contributed by atoms with van der Waals surface area (Å²) in [5, 5.41) is 20.9. The lowest BCUT2D eigenvalue weighted by molar-refractivity contribution is -0.586. The van der Waals surface area contributed by atoms with Gasteiger partial charge in [0.1, 0.15) is 0 Å². The predicted octanol–water partition coefficient (Wildman–Crippen LogP) is 1.49. The Hall–Kier alpha value is -1.20. The molecule has 76 valence electrons. The van der Waals surface area contributed by atoms with Crippen molar-refractivity contribution in [2.24, 2.45) is 0 Å². The molecule has 0 saturated heterocycles. The molecule has 0 amide bonds. The van der Waals surface area contributed by atoms with Crippen molar-refractivity contribution in [3.8, 4) is 0 Å². The molecule has 0 aliphatic carbocycles. The molecular weight excluding hydrogens is 176 g/mol. The molecule has 0 aromatic heterocycles. The molecule has 1 unspecified atom stereocenters. The second kappa shape index (κ2) is 4.15. The Bertz CT molecular complexity index is 215.